The first kappa shape index (κ1) is 14.5. The molecule has 4 nitrogen and oxygen atoms in total. The Hall–Kier alpha value is -0.910. The van der Waals surface area contributed by atoms with Crippen LogP contribution in [-0.2, 0) is 10.0 Å². The first-order chi connectivity index (χ1) is 8.96. The molecule has 0 radical (unpaired) electrons. The van der Waals surface area contributed by atoms with E-state index in [-0.39, 0.29) is 6.04 Å². The summed E-state index contributed by atoms with van der Waals surface area (Å²) >= 11 is 0. The summed E-state index contributed by atoms with van der Waals surface area (Å²) in [6, 6.07) is 7.19. The van der Waals surface area contributed by atoms with Crippen LogP contribution in [0.5, 0.6) is 0 Å². The minimum atomic E-state index is -3.40. The van der Waals surface area contributed by atoms with Crippen molar-refractivity contribution in [2.24, 2.45) is 5.73 Å². The molecule has 1 aromatic rings. The number of sulfonamides is 1. The van der Waals surface area contributed by atoms with E-state index < -0.39 is 10.0 Å². The first-order valence-corrected chi connectivity index (χ1v) is 8.22. The molecule has 19 heavy (non-hydrogen) atoms. The summed E-state index contributed by atoms with van der Waals surface area (Å²) in [5.74, 6) is 0.319. The fourth-order valence-electron chi connectivity index (χ4n) is 2.53. The molecule has 0 unspecified atom stereocenters. The van der Waals surface area contributed by atoms with E-state index in [0.717, 1.165) is 18.4 Å². The molecule has 0 aliphatic carbocycles. The van der Waals surface area contributed by atoms with Gasteiger partial charge in [-0.3, -0.25) is 0 Å². The molecule has 1 heterocycles. The third-order valence-electron chi connectivity index (χ3n) is 3.73. The van der Waals surface area contributed by atoms with Gasteiger partial charge in [-0.25, -0.2) is 8.42 Å². The van der Waals surface area contributed by atoms with Crippen molar-refractivity contribution >= 4 is 10.0 Å². The summed E-state index contributed by atoms with van der Waals surface area (Å²) in [6.07, 6.45) is 1.75. The van der Waals surface area contributed by atoms with Crippen molar-refractivity contribution in [3.8, 4) is 0 Å². The van der Waals surface area contributed by atoms with Crippen LogP contribution in [-0.4, -0.2) is 31.9 Å². The Morgan fingerprint density at radius 1 is 1.42 bits per heavy atom. The van der Waals surface area contributed by atoms with Gasteiger partial charge in [0, 0.05) is 19.1 Å². The van der Waals surface area contributed by atoms with Gasteiger partial charge >= 0.3 is 0 Å². The van der Waals surface area contributed by atoms with Gasteiger partial charge in [0.15, 0.2) is 0 Å². The maximum absolute atomic E-state index is 12.6. The van der Waals surface area contributed by atoms with E-state index >= 15 is 0 Å². The number of hydrogen-bond donors (Lipinski definition) is 1. The molecule has 1 aliphatic rings. The summed E-state index contributed by atoms with van der Waals surface area (Å²) in [5, 5.41) is 0. The van der Waals surface area contributed by atoms with E-state index in [9.17, 15) is 8.42 Å². The zero-order chi connectivity index (χ0) is 14.0. The van der Waals surface area contributed by atoms with E-state index in [4.69, 9.17) is 5.73 Å². The predicted molar refractivity (Wildman–Crippen MR) is 76.5 cm³/mol. The van der Waals surface area contributed by atoms with Gasteiger partial charge in [0.2, 0.25) is 10.0 Å². The summed E-state index contributed by atoms with van der Waals surface area (Å²) in [6.45, 7) is 5.09. The number of benzene rings is 1. The Morgan fingerprint density at radius 3 is 2.79 bits per heavy atom. The molecule has 0 amide bonds. The second-order valence-electron chi connectivity index (χ2n) is 5.37. The highest BCUT2D eigenvalue weighted by atomic mass is 32.2. The minimum Gasteiger partial charge on any atom is -0.329 e. The van der Waals surface area contributed by atoms with Crippen LogP contribution in [0.3, 0.4) is 0 Å². The summed E-state index contributed by atoms with van der Waals surface area (Å²) < 4.78 is 26.9. The zero-order valence-electron chi connectivity index (χ0n) is 11.5. The average molecular weight is 282 g/mol. The fourth-order valence-corrected chi connectivity index (χ4v) is 4.29. The maximum atomic E-state index is 12.6. The van der Waals surface area contributed by atoms with Crippen LogP contribution in [0, 0.1) is 0 Å². The number of hydrogen-bond acceptors (Lipinski definition) is 3. The zero-order valence-corrected chi connectivity index (χ0v) is 12.4. The summed E-state index contributed by atoms with van der Waals surface area (Å²) in [5.41, 5.74) is 6.72. The van der Waals surface area contributed by atoms with Crippen molar-refractivity contribution in [3.05, 3.63) is 29.8 Å². The number of nitrogens with zero attached hydrogens (tertiary/aromatic N) is 1. The van der Waals surface area contributed by atoms with Crippen LogP contribution in [0.4, 0.5) is 0 Å². The van der Waals surface area contributed by atoms with Crippen molar-refractivity contribution in [2.75, 3.05) is 13.1 Å². The molecule has 1 aliphatic heterocycles. The van der Waals surface area contributed by atoms with Gasteiger partial charge in [0.1, 0.15) is 0 Å². The Kier molecular flexibility index (Phi) is 4.28. The van der Waals surface area contributed by atoms with Gasteiger partial charge in [-0.1, -0.05) is 26.0 Å². The number of rotatable bonds is 4. The molecule has 106 valence electrons. The van der Waals surface area contributed by atoms with Crippen molar-refractivity contribution in [3.63, 3.8) is 0 Å². The lowest BCUT2D eigenvalue weighted by Gasteiger charge is -2.23. The lowest BCUT2D eigenvalue weighted by Crippen LogP contribution is -2.39. The molecule has 5 heteroatoms. The van der Waals surface area contributed by atoms with Crippen LogP contribution in [0.2, 0.25) is 0 Å². The largest absolute Gasteiger partial charge is 0.329 e. The van der Waals surface area contributed by atoms with Crippen LogP contribution in [0.25, 0.3) is 0 Å². The van der Waals surface area contributed by atoms with E-state index in [1.165, 1.54) is 0 Å². The van der Waals surface area contributed by atoms with E-state index in [0.29, 0.717) is 23.9 Å². The standard InChI is InChI=1S/C14H22N2O2S/c1-11(2)12-5-3-7-14(9-12)19(17,18)16-8-4-6-13(16)10-15/h3,5,7,9,11,13H,4,6,8,10,15H2,1-2H3/t13-/m1/s1. The topological polar surface area (TPSA) is 63.4 Å². The fraction of sp³-hybridized carbons (Fsp3) is 0.571. The normalized spacial score (nSPS) is 21.2. The monoisotopic (exact) mass is 282 g/mol. The lowest BCUT2D eigenvalue weighted by molar-refractivity contribution is 0.393. The molecule has 0 spiro atoms. The van der Waals surface area contributed by atoms with E-state index in [1.807, 2.05) is 12.1 Å². The molecule has 0 saturated carbocycles. The van der Waals surface area contributed by atoms with Gasteiger partial charge in [-0.2, -0.15) is 4.31 Å². The lowest BCUT2D eigenvalue weighted by atomic mass is 10.0. The second kappa shape index (κ2) is 5.61. The van der Waals surface area contributed by atoms with Gasteiger partial charge in [0.25, 0.3) is 0 Å². The van der Waals surface area contributed by atoms with Crippen molar-refractivity contribution < 1.29 is 8.42 Å². The third kappa shape index (κ3) is 2.83. The minimum absolute atomic E-state index is 0.0484. The molecule has 0 aromatic heterocycles. The average Bonchev–Trinajstić information content (AvgIpc) is 2.88. The van der Waals surface area contributed by atoms with E-state index in [1.54, 1.807) is 16.4 Å². The Balaban J connectivity index is 2.36. The molecular formula is C14H22N2O2S. The third-order valence-corrected chi connectivity index (χ3v) is 5.67. The van der Waals surface area contributed by atoms with Crippen LogP contribution >= 0.6 is 0 Å². The second-order valence-corrected chi connectivity index (χ2v) is 7.27. The van der Waals surface area contributed by atoms with Crippen LogP contribution in [0.1, 0.15) is 38.2 Å². The van der Waals surface area contributed by atoms with Crippen molar-refractivity contribution in [1.29, 1.82) is 0 Å². The first-order valence-electron chi connectivity index (χ1n) is 6.78. The molecule has 1 aromatic carbocycles. The summed E-state index contributed by atoms with van der Waals surface area (Å²) in [4.78, 5) is 0.388. The Morgan fingerprint density at radius 2 is 2.16 bits per heavy atom. The van der Waals surface area contributed by atoms with Crippen molar-refractivity contribution in [1.82, 2.24) is 4.31 Å². The quantitative estimate of drug-likeness (QED) is 0.917. The van der Waals surface area contributed by atoms with Crippen molar-refractivity contribution in [2.45, 2.75) is 43.5 Å². The maximum Gasteiger partial charge on any atom is 0.243 e. The molecule has 2 rings (SSSR count). The van der Waals surface area contributed by atoms with Crippen LogP contribution < -0.4 is 5.73 Å². The van der Waals surface area contributed by atoms with Gasteiger partial charge < -0.3 is 5.73 Å². The smallest absolute Gasteiger partial charge is 0.243 e. The van der Waals surface area contributed by atoms with E-state index in [2.05, 4.69) is 13.8 Å². The van der Waals surface area contributed by atoms with Gasteiger partial charge in [-0.05, 0) is 36.5 Å². The predicted octanol–water partition coefficient (Wildman–Crippen LogP) is 1.92. The van der Waals surface area contributed by atoms with Crippen LogP contribution in [0.15, 0.2) is 29.2 Å². The SMILES string of the molecule is CC(C)c1cccc(S(=O)(=O)N2CCC[C@@H]2CN)c1. The molecule has 1 saturated heterocycles. The van der Waals surface area contributed by atoms with Gasteiger partial charge in [0.05, 0.1) is 4.90 Å². The molecular weight excluding hydrogens is 260 g/mol. The molecule has 1 atom stereocenters. The highest BCUT2D eigenvalue weighted by molar-refractivity contribution is 7.89. The highest BCUT2D eigenvalue weighted by Crippen LogP contribution is 2.27. The Bertz CT molecular complexity index is 540. The molecule has 0 bridgehead atoms. The molecule has 2 N–H and O–H groups in total. The Labute approximate surface area is 115 Å². The number of nitrogens with two attached hydrogens (primary N) is 1. The summed E-state index contributed by atoms with van der Waals surface area (Å²) in [7, 11) is -3.40. The van der Waals surface area contributed by atoms with Gasteiger partial charge in [-0.15, -0.1) is 0 Å². The highest BCUT2D eigenvalue weighted by Gasteiger charge is 2.34. The molecule has 1 fully saturated rings.